The first-order chi connectivity index (χ1) is 16.5. The number of nitrogens with two attached hydrogens (primary N) is 3. The van der Waals surface area contributed by atoms with E-state index < -0.39 is 17.6 Å². The Bertz CT molecular complexity index is 1260. The van der Waals surface area contributed by atoms with Gasteiger partial charge in [-0.2, -0.15) is 13.2 Å². The fourth-order valence-corrected chi connectivity index (χ4v) is 3.02. The van der Waals surface area contributed by atoms with Crippen molar-refractivity contribution >= 4 is 29.0 Å². The van der Waals surface area contributed by atoms with Gasteiger partial charge in [0.15, 0.2) is 0 Å². The number of hydrogen-bond acceptors (Lipinski definition) is 6. The van der Waals surface area contributed by atoms with Crippen molar-refractivity contribution in [2.75, 3.05) is 5.32 Å². The van der Waals surface area contributed by atoms with Crippen molar-refractivity contribution in [3.05, 3.63) is 94.4 Å². The van der Waals surface area contributed by atoms with Gasteiger partial charge in [-0.05, 0) is 42.0 Å². The Labute approximate surface area is 203 Å². The normalized spacial score (nSPS) is 12.6. The lowest BCUT2D eigenvalue weighted by Gasteiger charge is -2.12. The number of halogens is 4. The first-order valence-corrected chi connectivity index (χ1v) is 10.3. The molecule has 35 heavy (non-hydrogen) atoms. The fourth-order valence-electron chi connectivity index (χ4n) is 2.83. The SMILES string of the molecule is NC(=O)/C(C(N)=NCc1ccc(Oc2ccc(C(F)(F)F)cn2)cc1)=C(/N)Nc1cccc(Cl)c1. The summed E-state index contributed by atoms with van der Waals surface area (Å²) in [6.07, 6.45) is -3.78. The third-order valence-corrected chi connectivity index (χ3v) is 4.75. The summed E-state index contributed by atoms with van der Waals surface area (Å²) in [7, 11) is 0. The zero-order valence-electron chi connectivity index (χ0n) is 18.0. The molecular formula is C23H20ClF3N6O2. The van der Waals surface area contributed by atoms with E-state index in [1.807, 2.05) is 0 Å². The van der Waals surface area contributed by atoms with E-state index in [-0.39, 0.29) is 29.7 Å². The number of nitrogens with one attached hydrogen (secondary N) is 1. The molecule has 1 heterocycles. The number of ether oxygens (including phenoxy) is 1. The predicted molar refractivity (Wildman–Crippen MR) is 127 cm³/mol. The molecule has 8 nitrogen and oxygen atoms in total. The molecule has 12 heteroatoms. The van der Waals surface area contributed by atoms with E-state index in [9.17, 15) is 18.0 Å². The minimum atomic E-state index is -4.48. The summed E-state index contributed by atoms with van der Waals surface area (Å²) in [5.41, 5.74) is 17.5. The maximum atomic E-state index is 12.6. The molecule has 0 aliphatic carbocycles. The molecule has 0 bridgehead atoms. The van der Waals surface area contributed by atoms with Crippen LogP contribution in [0.4, 0.5) is 18.9 Å². The molecule has 0 saturated heterocycles. The van der Waals surface area contributed by atoms with E-state index >= 15 is 0 Å². The number of alkyl halides is 3. The summed E-state index contributed by atoms with van der Waals surface area (Å²) < 4.78 is 43.3. The zero-order chi connectivity index (χ0) is 25.6. The number of amidine groups is 1. The van der Waals surface area contributed by atoms with Crippen molar-refractivity contribution < 1.29 is 22.7 Å². The molecular weight excluding hydrogens is 485 g/mol. The quantitative estimate of drug-likeness (QED) is 0.206. The Hall–Kier alpha value is -4.25. The summed E-state index contributed by atoms with van der Waals surface area (Å²) >= 11 is 5.94. The van der Waals surface area contributed by atoms with Crippen LogP contribution in [0.1, 0.15) is 11.1 Å². The third kappa shape index (κ3) is 7.11. The zero-order valence-corrected chi connectivity index (χ0v) is 18.8. The van der Waals surface area contributed by atoms with Gasteiger partial charge in [0.05, 0.1) is 12.1 Å². The molecule has 0 radical (unpaired) electrons. The second-order valence-corrected chi connectivity index (χ2v) is 7.56. The summed E-state index contributed by atoms with van der Waals surface area (Å²) in [6.45, 7) is 0.0892. The van der Waals surface area contributed by atoms with Crippen LogP contribution in [0, 0.1) is 0 Å². The Morgan fingerprint density at radius 3 is 2.34 bits per heavy atom. The number of aromatic nitrogens is 1. The summed E-state index contributed by atoms with van der Waals surface area (Å²) in [5.74, 6) is -0.767. The maximum Gasteiger partial charge on any atom is 0.417 e. The minimum Gasteiger partial charge on any atom is -0.439 e. The van der Waals surface area contributed by atoms with E-state index in [0.29, 0.717) is 28.2 Å². The van der Waals surface area contributed by atoms with E-state index in [4.69, 9.17) is 33.5 Å². The molecule has 2 aromatic carbocycles. The molecule has 3 aromatic rings. The van der Waals surface area contributed by atoms with Gasteiger partial charge in [0.1, 0.15) is 23.0 Å². The number of pyridine rings is 1. The number of anilines is 1. The molecule has 1 amide bonds. The van der Waals surface area contributed by atoms with Gasteiger partial charge in [0, 0.05) is 23.0 Å². The standard InChI is InChI=1S/C23H20ClF3N6O2/c24-15-2-1-3-16(10-15)33-21(29)19(22(30)34)20(28)32-11-13-4-7-17(8-5-13)35-18-9-6-14(12-31-18)23(25,26)27/h1-10,12,33H,11,29H2,(H2,28,32)(H2,30,34)/b21-19-. The van der Waals surface area contributed by atoms with Crippen molar-refractivity contribution in [2.24, 2.45) is 22.2 Å². The summed E-state index contributed by atoms with van der Waals surface area (Å²) in [4.78, 5) is 19.7. The average molecular weight is 505 g/mol. The van der Waals surface area contributed by atoms with Crippen LogP contribution in [-0.4, -0.2) is 16.7 Å². The number of carbonyl (C=O) groups excluding carboxylic acids is 1. The van der Waals surface area contributed by atoms with Crippen LogP contribution in [0.25, 0.3) is 0 Å². The summed E-state index contributed by atoms with van der Waals surface area (Å²) in [5, 5.41) is 3.28. The van der Waals surface area contributed by atoms with E-state index in [0.717, 1.165) is 12.1 Å². The highest BCUT2D eigenvalue weighted by atomic mass is 35.5. The number of nitrogens with zero attached hydrogens (tertiary/aromatic N) is 2. The Morgan fingerprint density at radius 2 is 1.77 bits per heavy atom. The number of rotatable bonds is 8. The van der Waals surface area contributed by atoms with Crippen LogP contribution in [0.3, 0.4) is 0 Å². The molecule has 1 aromatic heterocycles. The monoisotopic (exact) mass is 504 g/mol. The lowest BCUT2D eigenvalue weighted by molar-refractivity contribution is -0.137. The van der Waals surface area contributed by atoms with Gasteiger partial charge in [-0.25, -0.2) is 4.98 Å². The predicted octanol–water partition coefficient (Wildman–Crippen LogP) is 4.17. The van der Waals surface area contributed by atoms with Crippen LogP contribution in [0.15, 0.2) is 83.2 Å². The highest BCUT2D eigenvalue weighted by Crippen LogP contribution is 2.30. The Balaban J connectivity index is 1.68. The van der Waals surface area contributed by atoms with E-state index in [1.165, 1.54) is 0 Å². The number of primary amides is 1. The first-order valence-electron chi connectivity index (χ1n) is 9.95. The van der Waals surface area contributed by atoms with Crippen molar-refractivity contribution in [1.82, 2.24) is 4.98 Å². The van der Waals surface area contributed by atoms with Crippen molar-refractivity contribution in [2.45, 2.75) is 12.7 Å². The van der Waals surface area contributed by atoms with E-state index in [1.54, 1.807) is 48.5 Å². The molecule has 0 atom stereocenters. The maximum absolute atomic E-state index is 12.6. The van der Waals surface area contributed by atoms with Gasteiger partial charge < -0.3 is 27.3 Å². The fraction of sp³-hybridized carbons (Fsp3) is 0.0870. The van der Waals surface area contributed by atoms with Crippen LogP contribution in [0.5, 0.6) is 11.6 Å². The number of hydrogen-bond donors (Lipinski definition) is 4. The van der Waals surface area contributed by atoms with Crippen molar-refractivity contribution in [3.63, 3.8) is 0 Å². The van der Waals surface area contributed by atoms with Crippen LogP contribution < -0.4 is 27.3 Å². The van der Waals surface area contributed by atoms with Gasteiger partial charge >= 0.3 is 6.18 Å². The largest absolute Gasteiger partial charge is 0.439 e. The van der Waals surface area contributed by atoms with Crippen LogP contribution >= 0.6 is 11.6 Å². The smallest absolute Gasteiger partial charge is 0.417 e. The van der Waals surface area contributed by atoms with Gasteiger partial charge in [-0.15, -0.1) is 0 Å². The molecule has 7 N–H and O–H groups in total. The topological polar surface area (TPSA) is 142 Å². The Morgan fingerprint density at radius 1 is 1.06 bits per heavy atom. The molecule has 0 aliphatic rings. The highest BCUT2D eigenvalue weighted by Gasteiger charge is 2.30. The summed E-state index contributed by atoms with van der Waals surface area (Å²) in [6, 6.07) is 15.2. The van der Waals surface area contributed by atoms with Gasteiger partial charge in [0.2, 0.25) is 5.88 Å². The number of amides is 1. The van der Waals surface area contributed by atoms with Crippen molar-refractivity contribution in [3.8, 4) is 11.6 Å². The highest BCUT2D eigenvalue weighted by molar-refractivity contribution is 6.30. The molecule has 0 unspecified atom stereocenters. The Kier molecular flexibility index (Phi) is 7.82. The van der Waals surface area contributed by atoms with Gasteiger partial charge in [-0.3, -0.25) is 9.79 Å². The minimum absolute atomic E-state index is 0.00642. The number of benzene rings is 2. The lowest BCUT2D eigenvalue weighted by atomic mass is 10.2. The molecule has 0 aliphatic heterocycles. The molecule has 0 fully saturated rings. The second-order valence-electron chi connectivity index (χ2n) is 7.12. The van der Waals surface area contributed by atoms with Gasteiger partial charge in [-0.1, -0.05) is 29.8 Å². The first kappa shape index (κ1) is 25.4. The lowest BCUT2D eigenvalue weighted by Crippen LogP contribution is -2.32. The molecule has 182 valence electrons. The van der Waals surface area contributed by atoms with E-state index in [2.05, 4.69) is 15.3 Å². The second kappa shape index (κ2) is 10.8. The average Bonchev–Trinajstić information content (AvgIpc) is 2.78. The van der Waals surface area contributed by atoms with Gasteiger partial charge in [0.25, 0.3) is 5.91 Å². The molecule has 3 rings (SSSR count). The van der Waals surface area contributed by atoms with Crippen LogP contribution in [0.2, 0.25) is 5.02 Å². The number of carbonyl (C=O) groups is 1. The molecule has 0 spiro atoms. The molecule has 0 saturated carbocycles. The van der Waals surface area contributed by atoms with Crippen LogP contribution in [-0.2, 0) is 17.5 Å². The number of aliphatic imine (C=N–C) groups is 1. The third-order valence-electron chi connectivity index (χ3n) is 4.52. The van der Waals surface area contributed by atoms with Crippen molar-refractivity contribution in [1.29, 1.82) is 0 Å².